The first-order valence-electron chi connectivity index (χ1n) is 8.51. The molecule has 9 heteroatoms. The number of amides is 4. The summed E-state index contributed by atoms with van der Waals surface area (Å²) in [6, 6.07) is -1.81. The first-order chi connectivity index (χ1) is 11.6. The predicted octanol–water partition coefficient (Wildman–Crippen LogP) is -0.883. The fraction of sp³-hybridized carbons (Fsp3) is 0.750. The van der Waals surface area contributed by atoms with Gasteiger partial charge in [0, 0.05) is 19.0 Å². The Hall–Kier alpha value is -2.32. The van der Waals surface area contributed by atoms with E-state index in [2.05, 4.69) is 10.6 Å². The van der Waals surface area contributed by atoms with Crippen LogP contribution >= 0.6 is 0 Å². The number of nitrogens with one attached hydrogen (secondary N) is 2. The zero-order valence-corrected chi connectivity index (χ0v) is 14.3. The SMILES string of the molecule is CC1(C)[C@@H]2[C@@H](C(=O)NC(C[C@H]3CCNC3=O)C(N)=O)N(C(=O)O)C[C@@H]21. The number of hydrogen-bond acceptors (Lipinski definition) is 4. The van der Waals surface area contributed by atoms with E-state index in [-0.39, 0.29) is 35.5 Å². The molecule has 9 nitrogen and oxygen atoms in total. The lowest BCUT2D eigenvalue weighted by atomic mass is 9.96. The first kappa shape index (κ1) is 17.5. The van der Waals surface area contributed by atoms with Crippen LogP contribution in [0.15, 0.2) is 0 Å². The topological polar surface area (TPSA) is 142 Å². The van der Waals surface area contributed by atoms with Gasteiger partial charge in [0.2, 0.25) is 17.7 Å². The Morgan fingerprint density at radius 1 is 1.44 bits per heavy atom. The van der Waals surface area contributed by atoms with Gasteiger partial charge in [-0.3, -0.25) is 19.3 Å². The van der Waals surface area contributed by atoms with Crippen molar-refractivity contribution in [3.05, 3.63) is 0 Å². The Bertz CT molecular complexity index is 634. The zero-order valence-electron chi connectivity index (χ0n) is 14.3. The van der Waals surface area contributed by atoms with Crippen molar-refractivity contribution in [2.75, 3.05) is 13.1 Å². The second-order valence-corrected chi connectivity index (χ2v) is 7.81. The molecule has 138 valence electrons. The Kier molecular flexibility index (Phi) is 4.12. The fourth-order valence-electron chi connectivity index (χ4n) is 4.44. The van der Waals surface area contributed by atoms with Crippen molar-refractivity contribution in [3.63, 3.8) is 0 Å². The van der Waals surface area contributed by atoms with Gasteiger partial charge in [0.15, 0.2) is 0 Å². The van der Waals surface area contributed by atoms with Crippen LogP contribution in [0.1, 0.15) is 26.7 Å². The van der Waals surface area contributed by atoms with Crippen molar-refractivity contribution >= 4 is 23.8 Å². The minimum absolute atomic E-state index is 0.0631. The smallest absolute Gasteiger partial charge is 0.407 e. The Labute approximate surface area is 145 Å². The molecule has 0 aromatic heterocycles. The number of likely N-dealkylation sites (tertiary alicyclic amines) is 1. The van der Waals surface area contributed by atoms with Crippen molar-refractivity contribution < 1.29 is 24.3 Å². The second kappa shape index (κ2) is 5.89. The minimum atomic E-state index is -1.14. The highest BCUT2D eigenvalue weighted by atomic mass is 16.4. The molecule has 25 heavy (non-hydrogen) atoms. The summed E-state index contributed by atoms with van der Waals surface area (Å²) < 4.78 is 0. The van der Waals surface area contributed by atoms with Gasteiger partial charge in [-0.15, -0.1) is 0 Å². The third-order valence-corrected chi connectivity index (χ3v) is 6.07. The van der Waals surface area contributed by atoms with Crippen molar-refractivity contribution in [3.8, 4) is 0 Å². The molecule has 3 rings (SSSR count). The van der Waals surface area contributed by atoms with Crippen molar-refractivity contribution in [1.29, 1.82) is 0 Å². The molecule has 5 atom stereocenters. The highest BCUT2D eigenvalue weighted by molar-refractivity contribution is 5.92. The molecule has 4 amide bonds. The highest BCUT2D eigenvalue weighted by Gasteiger charge is 2.69. The number of fused-ring (bicyclic) bond motifs is 1. The maximum atomic E-state index is 12.7. The number of nitrogens with zero attached hydrogens (tertiary/aromatic N) is 1. The fourth-order valence-corrected chi connectivity index (χ4v) is 4.44. The summed E-state index contributed by atoms with van der Waals surface area (Å²) in [4.78, 5) is 48.7. The van der Waals surface area contributed by atoms with E-state index in [0.29, 0.717) is 19.5 Å². The monoisotopic (exact) mass is 352 g/mol. The van der Waals surface area contributed by atoms with Crippen LogP contribution in [0, 0.1) is 23.2 Å². The van der Waals surface area contributed by atoms with E-state index in [0.717, 1.165) is 4.90 Å². The molecule has 3 fully saturated rings. The molecule has 5 N–H and O–H groups in total. The van der Waals surface area contributed by atoms with E-state index in [1.807, 2.05) is 13.8 Å². The predicted molar refractivity (Wildman–Crippen MR) is 86.1 cm³/mol. The average molecular weight is 352 g/mol. The summed E-state index contributed by atoms with van der Waals surface area (Å²) >= 11 is 0. The minimum Gasteiger partial charge on any atom is -0.465 e. The maximum Gasteiger partial charge on any atom is 0.407 e. The van der Waals surface area contributed by atoms with Gasteiger partial charge in [-0.1, -0.05) is 13.8 Å². The van der Waals surface area contributed by atoms with Gasteiger partial charge in [-0.25, -0.2) is 4.79 Å². The maximum absolute atomic E-state index is 12.7. The van der Waals surface area contributed by atoms with Crippen molar-refractivity contribution in [1.82, 2.24) is 15.5 Å². The van der Waals surface area contributed by atoms with Crippen LogP contribution in [0.5, 0.6) is 0 Å². The van der Waals surface area contributed by atoms with E-state index < -0.39 is 30.0 Å². The summed E-state index contributed by atoms with van der Waals surface area (Å²) in [5, 5.41) is 14.6. The van der Waals surface area contributed by atoms with Crippen LogP contribution in [0.4, 0.5) is 4.79 Å². The second-order valence-electron chi connectivity index (χ2n) is 7.81. The Balaban J connectivity index is 1.70. The lowest BCUT2D eigenvalue weighted by molar-refractivity contribution is -0.131. The zero-order chi connectivity index (χ0) is 18.5. The van der Waals surface area contributed by atoms with Crippen LogP contribution < -0.4 is 16.4 Å². The number of hydrogen-bond donors (Lipinski definition) is 4. The molecule has 1 unspecified atom stereocenters. The summed E-state index contributed by atoms with van der Waals surface area (Å²) in [6.07, 6.45) is -0.431. The molecule has 0 bridgehead atoms. The van der Waals surface area contributed by atoms with E-state index in [1.54, 1.807) is 0 Å². The molecule has 1 aliphatic carbocycles. The average Bonchev–Trinajstić information content (AvgIpc) is 2.91. The van der Waals surface area contributed by atoms with Gasteiger partial charge in [0.25, 0.3) is 0 Å². The third-order valence-electron chi connectivity index (χ3n) is 6.07. The van der Waals surface area contributed by atoms with Crippen LogP contribution in [0.3, 0.4) is 0 Å². The van der Waals surface area contributed by atoms with Crippen molar-refractivity contribution in [2.45, 2.75) is 38.8 Å². The van der Waals surface area contributed by atoms with E-state index >= 15 is 0 Å². The number of carbonyl (C=O) groups excluding carboxylic acids is 3. The van der Waals surface area contributed by atoms with Gasteiger partial charge in [0.05, 0.1) is 0 Å². The Morgan fingerprint density at radius 3 is 2.64 bits per heavy atom. The number of nitrogens with two attached hydrogens (primary N) is 1. The normalized spacial score (nSPS) is 33.4. The van der Waals surface area contributed by atoms with Gasteiger partial charge >= 0.3 is 6.09 Å². The molecular formula is C16H24N4O5. The first-order valence-corrected chi connectivity index (χ1v) is 8.51. The summed E-state index contributed by atoms with van der Waals surface area (Å²) in [5.41, 5.74) is 5.29. The summed E-state index contributed by atoms with van der Waals surface area (Å²) in [7, 11) is 0. The van der Waals surface area contributed by atoms with Crippen LogP contribution in [-0.4, -0.2) is 59.0 Å². The van der Waals surface area contributed by atoms with Crippen LogP contribution in [0.25, 0.3) is 0 Å². The van der Waals surface area contributed by atoms with E-state index in [1.165, 1.54) is 0 Å². The Morgan fingerprint density at radius 2 is 2.12 bits per heavy atom. The molecule has 2 saturated heterocycles. The standard InChI is InChI=1S/C16H24N4O5/c1-16(2)8-6-20(15(24)25)11(10(8)16)14(23)19-9(12(17)21)5-7-3-4-18-13(7)22/h7-11H,3-6H2,1-2H3,(H2,17,21)(H,18,22)(H,19,23)(H,24,25)/t7-,8+,9?,10+,11+/m1/s1. The highest BCUT2D eigenvalue weighted by Crippen LogP contribution is 2.64. The van der Waals surface area contributed by atoms with Crippen molar-refractivity contribution in [2.24, 2.45) is 28.9 Å². The number of piperidine rings is 1. The molecule has 0 spiro atoms. The van der Waals surface area contributed by atoms with E-state index in [4.69, 9.17) is 5.73 Å². The lowest BCUT2D eigenvalue weighted by Crippen LogP contribution is -2.54. The lowest BCUT2D eigenvalue weighted by Gasteiger charge is -2.29. The van der Waals surface area contributed by atoms with Crippen LogP contribution in [0.2, 0.25) is 0 Å². The van der Waals surface area contributed by atoms with Gasteiger partial charge in [-0.05, 0) is 30.1 Å². The van der Waals surface area contributed by atoms with Crippen LogP contribution in [-0.2, 0) is 14.4 Å². The number of rotatable bonds is 5. The molecule has 1 saturated carbocycles. The van der Waals surface area contributed by atoms with Gasteiger partial charge in [0.1, 0.15) is 12.1 Å². The third kappa shape index (κ3) is 2.91. The molecule has 0 radical (unpaired) electrons. The molecule has 0 aromatic rings. The largest absolute Gasteiger partial charge is 0.465 e. The van der Waals surface area contributed by atoms with E-state index in [9.17, 15) is 24.3 Å². The number of carboxylic acid groups (broad SMARTS) is 1. The number of primary amides is 1. The molecule has 0 aromatic carbocycles. The van der Waals surface area contributed by atoms with Gasteiger partial charge < -0.3 is 21.5 Å². The molecule has 3 aliphatic rings. The number of carbonyl (C=O) groups is 4. The summed E-state index contributed by atoms with van der Waals surface area (Å²) in [6.45, 7) is 4.88. The molecule has 2 heterocycles. The molecule has 2 aliphatic heterocycles. The summed E-state index contributed by atoms with van der Waals surface area (Å²) in [5.74, 6) is -1.68. The quantitative estimate of drug-likeness (QED) is 0.508. The van der Waals surface area contributed by atoms with Gasteiger partial charge in [-0.2, -0.15) is 0 Å². The molecular weight excluding hydrogens is 328 g/mol.